The molecule has 1 aromatic heterocycles. The molecule has 0 saturated carbocycles. The van der Waals surface area contributed by atoms with Crippen molar-refractivity contribution in [2.75, 3.05) is 17.2 Å². The molecule has 1 heterocycles. The molecule has 3 aromatic rings. The van der Waals surface area contributed by atoms with Crippen molar-refractivity contribution >= 4 is 57.4 Å². The highest BCUT2D eigenvalue weighted by atomic mass is 35.5. The normalized spacial score (nSPS) is 11.7. The summed E-state index contributed by atoms with van der Waals surface area (Å²) in [7, 11) is 0. The van der Waals surface area contributed by atoms with Crippen LogP contribution < -0.4 is 10.6 Å². The number of pyridine rings is 1. The number of hydrogen-bond acceptors (Lipinski definition) is 5. The Balaban J connectivity index is 1.92. The summed E-state index contributed by atoms with van der Waals surface area (Å²) in [5.41, 5.74) is 1.92. The molecule has 1 atom stereocenters. The number of benzene rings is 2. The van der Waals surface area contributed by atoms with Crippen LogP contribution in [0.3, 0.4) is 0 Å². The van der Waals surface area contributed by atoms with Gasteiger partial charge in [-0.3, -0.25) is 9.78 Å². The summed E-state index contributed by atoms with van der Waals surface area (Å²) in [5.74, 6) is -0.816. The fourth-order valence-corrected chi connectivity index (χ4v) is 3.05. The van der Waals surface area contributed by atoms with Crippen LogP contribution in [0.4, 0.5) is 11.4 Å². The molecule has 2 aromatic carbocycles. The van der Waals surface area contributed by atoms with Crippen LogP contribution in [0, 0.1) is 0 Å². The average Bonchev–Trinajstić information content (AvgIpc) is 2.70. The maximum Gasteiger partial charge on any atom is 0.341 e. The van der Waals surface area contributed by atoms with Gasteiger partial charge in [-0.25, -0.2) is 4.79 Å². The molecular formula is C21H19Cl2N3O3. The van der Waals surface area contributed by atoms with E-state index in [1.54, 1.807) is 56.3 Å². The molecule has 0 aliphatic carbocycles. The van der Waals surface area contributed by atoms with Gasteiger partial charge in [-0.15, -0.1) is 0 Å². The quantitative estimate of drug-likeness (QED) is 0.526. The number of nitrogens with zero attached hydrogens (tertiary/aromatic N) is 1. The van der Waals surface area contributed by atoms with Crippen molar-refractivity contribution in [1.29, 1.82) is 0 Å². The number of carbonyl (C=O) groups is 2. The number of nitrogens with one attached hydrogen (secondary N) is 2. The van der Waals surface area contributed by atoms with E-state index in [0.717, 1.165) is 0 Å². The Morgan fingerprint density at radius 3 is 2.48 bits per heavy atom. The van der Waals surface area contributed by atoms with E-state index in [9.17, 15) is 9.59 Å². The van der Waals surface area contributed by atoms with E-state index in [1.165, 1.54) is 6.20 Å². The maximum atomic E-state index is 12.6. The molecular weight excluding hydrogens is 413 g/mol. The number of rotatable bonds is 6. The van der Waals surface area contributed by atoms with Gasteiger partial charge in [0.1, 0.15) is 11.6 Å². The highest BCUT2D eigenvalue weighted by Crippen LogP contribution is 2.30. The minimum absolute atomic E-state index is 0.221. The lowest BCUT2D eigenvalue weighted by Crippen LogP contribution is -2.32. The summed E-state index contributed by atoms with van der Waals surface area (Å²) in [6.45, 7) is 3.63. The van der Waals surface area contributed by atoms with Crippen molar-refractivity contribution < 1.29 is 14.3 Å². The highest BCUT2D eigenvalue weighted by molar-refractivity contribution is 6.31. The summed E-state index contributed by atoms with van der Waals surface area (Å²) >= 11 is 12.0. The van der Waals surface area contributed by atoms with E-state index in [4.69, 9.17) is 27.9 Å². The summed E-state index contributed by atoms with van der Waals surface area (Å²) < 4.78 is 5.13. The molecule has 0 spiro atoms. The largest absolute Gasteiger partial charge is 0.462 e. The third kappa shape index (κ3) is 4.96. The number of aromatic nitrogens is 1. The second-order valence-corrected chi connectivity index (χ2v) is 7.16. The number of ether oxygens (including phenoxy) is 1. The van der Waals surface area contributed by atoms with Gasteiger partial charge in [-0.1, -0.05) is 23.2 Å². The van der Waals surface area contributed by atoms with Crippen LogP contribution in [-0.2, 0) is 9.53 Å². The highest BCUT2D eigenvalue weighted by Gasteiger charge is 2.21. The van der Waals surface area contributed by atoms with Crippen LogP contribution in [-0.4, -0.2) is 29.5 Å². The molecule has 1 unspecified atom stereocenters. The van der Waals surface area contributed by atoms with Crippen molar-refractivity contribution in [1.82, 2.24) is 4.98 Å². The van der Waals surface area contributed by atoms with Gasteiger partial charge >= 0.3 is 5.97 Å². The van der Waals surface area contributed by atoms with Crippen molar-refractivity contribution in [3.63, 3.8) is 0 Å². The molecule has 150 valence electrons. The van der Waals surface area contributed by atoms with Gasteiger partial charge in [0, 0.05) is 27.3 Å². The van der Waals surface area contributed by atoms with E-state index in [-0.39, 0.29) is 18.1 Å². The molecule has 6 nitrogen and oxygen atoms in total. The zero-order chi connectivity index (χ0) is 21.0. The maximum absolute atomic E-state index is 12.6. The lowest BCUT2D eigenvalue weighted by Gasteiger charge is -2.19. The SMILES string of the molecule is CCOC(=O)c1cnc2ccc(Cl)cc2c1NC(C)C(=O)Nc1ccc(Cl)cc1. The number of amides is 1. The van der Waals surface area contributed by atoms with E-state index in [1.807, 2.05) is 0 Å². The van der Waals surface area contributed by atoms with Gasteiger partial charge in [-0.05, 0) is 56.3 Å². The number of hydrogen-bond donors (Lipinski definition) is 2. The molecule has 2 N–H and O–H groups in total. The van der Waals surface area contributed by atoms with E-state index in [2.05, 4.69) is 15.6 Å². The van der Waals surface area contributed by atoms with Crippen molar-refractivity contribution in [3.05, 3.63) is 64.3 Å². The first kappa shape index (κ1) is 20.9. The molecule has 0 radical (unpaired) electrons. The van der Waals surface area contributed by atoms with E-state index < -0.39 is 12.0 Å². The fourth-order valence-electron chi connectivity index (χ4n) is 2.75. The zero-order valence-corrected chi connectivity index (χ0v) is 17.3. The molecule has 0 bridgehead atoms. The molecule has 0 aliphatic heterocycles. The zero-order valence-electron chi connectivity index (χ0n) is 15.8. The predicted molar refractivity (Wildman–Crippen MR) is 116 cm³/mol. The minimum atomic E-state index is -0.663. The van der Waals surface area contributed by atoms with Gasteiger partial charge in [0.15, 0.2) is 0 Å². The second-order valence-electron chi connectivity index (χ2n) is 6.29. The first-order chi connectivity index (χ1) is 13.9. The topological polar surface area (TPSA) is 80.3 Å². The first-order valence-corrected chi connectivity index (χ1v) is 9.73. The summed E-state index contributed by atoms with van der Waals surface area (Å²) in [5, 5.41) is 7.60. The van der Waals surface area contributed by atoms with E-state index in [0.29, 0.717) is 32.3 Å². The number of fused-ring (bicyclic) bond motifs is 1. The minimum Gasteiger partial charge on any atom is -0.462 e. The predicted octanol–water partition coefficient (Wildman–Crippen LogP) is 5.16. The Morgan fingerprint density at radius 2 is 1.79 bits per heavy atom. The van der Waals surface area contributed by atoms with Crippen LogP contribution in [0.5, 0.6) is 0 Å². The standard InChI is InChI=1S/C21H19Cl2N3O3/c1-3-29-21(28)17-11-24-18-9-6-14(23)10-16(18)19(17)25-12(2)20(27)26-15-7-4-13(22)5-8-15/h4-12H,3H2,1-2H3,(H,24,25)(H,26,27). The van der Waals surface area contributed by atoms with Crippen LogP contribution in [0.2, 0.25) is 10.0 Å². The molecule has 29 heavy (non-hydrogen) atoms. The van der Waals surface area contributed by atoms with Crippen LogP contribution >= 0.6 is 23.2 Å². The second kappa shape index (κ2) is 9.11. The Labute approximate surface area is 178 Å². The number of esters is 1. The molecule has 0 aliphatic rings. The van der Waals surface area contributed by atoms with Gasteiger partial charge in [0.05, 0.1) is 17.8 Å². The van der Waals surface area contributed by atoms with Gasteiger partial charge < -0.3 is 15.4 Å². The molecule has 3 rings (SSSR count). The smallest absolute Gasteiger partial charge is 0.341 e. The lowest BCUT2D eigenvalue weighted by atomic mass is 10.1. The molecule has 8 heteroatoms. The Morgan fingerprint density at radius 1 is 1.10 bits per heavy atom. The Bertz CT molecular complexity index is 1050. The van der Waals surface area contributed by atoms with Gasteiger partial charge in [0.25, 0.3) is 0 Å². The van der Waals surface area contributed by atoms with Crippen molar-refractivity contribution in [2.45, 2.75) is 19.9 Å². The Hall–Kier alpha value is -2.83. The summed E-state index contributed by atoms with van der Waals surface area (Å²) in [4.78, 5) is 29.4. The first-order valence-electron chi connectivity index (χ1n) is 8.97. The monoisotopic (exact) mass is 431 g/mol. The van der Waals surface area contributed by atoms with Gasteiger partial charge in [-0.2, -0.15) is 0 Å². The van der Waals surface area contributed by atoms with Crippen molar-refractivity contribution in [2.24, 2.45) is 0 Å². The molecule has 1 amide bonds. The third-order valence-corrected chi connectivity index (χ3v) is 4.68. The fraction of sp³-hybridized carbons (Fsp3) is 0.190. The lowest BCUT2D eigenvalue weighted by molar-refractivity contribution is -0.116. The van der Waals surface area contributed by atoms with Crippen molar-refractivity contribution in [3.8, 4) is 0 Å². The van der Waals surface area contributed by atoms with E-state index >= 15 is 0 Å². The summed E-state index contributed by atoms with van der Waals surface area (Å²) in [6.07, 6.45) is 1.43. The van der Waals surface area contributed by atoms with Crippen LogP contribution in [0.25, 0.3) is 10.9 Å². The summed E-state index contributed by atoms with van der Waals surface area (Å²) in [6, 6.07) is 11.3. The van der Waals surface area contributed by atoms with Crippen LogP contribution in [0.1, 0.15) is 24.2 Å². The number of anilines is 2. The molecule has 0 fully saturated rings. The van der Waals surface area contributed by atoms with Crippen LogP contribution in [0.15, 0.2) is 48.7 Å². The Kier molecular flexibility index (Phi) is 6.56. The third-order valence-electron chi connectivity index (χ3n) is 4.19. The number of halogens is 2. The average molecular weight is 432 g/mol. The van der Waals surface area contributed by atoms with Gasteiger partial charge in [0.2, 0.25) is 5.91 Å². The number of carbonyl (C=O) groups excluding carboxylic acids is 2. The molecule has 0 saturated heterocycles.